The predicted octanol–water partition coefficient (Wildman–Crippen LogP) is 2.73. The largest absolute Gasteiger partial charge is 0.319 e. The van der Waals surface area contributed by atoms with Crippen LogP contribution in [0.3, 0.4) is 0 Å². The first-order valence-corrected chi connectivity index (χ1v) is 5.92. The molecule has 1 saturated carbocycles. The van der Waals surface area contributed by atoms with E-state index in [9.17, 15) is 0 Å². The fourth-order valence-corrected chi connectivity index (χ4v) is 3.18. The van der Waals surface area contributed by atoms with Crippen molar-refractivity contribution in [1.29, 1.82) is 0 Å². The topological polar surface area (TPSA) is 38.9 Å². The van der Waals surface area contributed by atoms with E-state index in [0.29, 0.717) is 0 Å². The zero-order chi connectivity index (χ0) is 10.6. The van der Waals surface area contributed by atoms with Gasteiger partial charge in [0.1, 0.15) is 5.01 Å². The number of nitrogens with two attached hydrogens (primary N) is 1. The molecule has 1 fully saturated rings. The second-order valence-corrected chi connectivity index (χ2v) is 6.22. The van der Waals surface area contributed by atoms with Crippen LogP contribution in [0.5, 0.6) is 0 Å². The number of hydrogen-bond acceptors (Lipinski definition) is 3. The molecule has 0 aliphatic heterocycles. The standard InChI is InChI=1S/C11H18N2S/c1-7-8(2)14-9(13-7)11(12)6-5-10(11,3)4/h5-6,12H2,1-4H3. The van der Waals surface area contributed by atoms with Crippen LogP contribution in [0.15, 0.2) is 0 Å². The average Bonchev–Trinajstić information content (AvgIpc) is 2.44. The van der Waals surface area contributed by atoms with Crippen molar-refractivity contribution in [2.45, 2.75) is 46.1 Å². The summed E-state index contributed by atoms with van der Waals surface area (Å²) in [6.45, 7) is 8.65. The highest BCUT2D eigenvalue weighted by Crippen LogP contribution is 2.54. The van der Waals surface area contributed by atoms with Gasteiger partial charge in [0.25, 0.3) is 0 Å². The van der Waals surface area contributed by atoms with Crippen molar-refractivity contribution in [1.82, 2.24) is 4.98 Å². The molecule has 3 heteroatoms. The maximum Gasteiger partial charge on any atom is 0.114 e. The van der Waals surface area contributed by atoms with Gasteiger partial charge in [-0.15, -0.1) is 11.3 Å². The van der Waals surface area contributed by atoms with Crippen molar-refractivity contribution >= 4 is 11.3 Å². The fraction of sp³-hybridized carbons (Fsp3) is 0.727. The number of aryl methyl sites for hydroxylation is 2. The molecule has 0 saturated heterocycles. The van der Waals surface area contributed by atoms with Gasteiger partial charge < -0.3 is 5.73 Å². The minimum Gasteiger partial charge on any atom is -0.319 e. The second kappa shape index (κ2) is 2.80. The summed E-state index contributed by atoms with van der Waals surface area (Å²) in [6, 6.07) is 0. The van der Waals surface area contributed by atoms with E-state index in [1.807, 2.05) is 0 Å². The first-order valence-electron chi connectivity index (χ1n) is 5.10. The van der Waals surface area contributed by atoms with E-state index < -0.39 is 0 Å². The SMILES string of the molecule is Cc1nc(C2(N)CCC2(C)C)sc1C. The van der Waals surface area contributed by atoms with Crippen molar-refractivity contribution in [2.75, 3.05) is 0 Å². The average molecular weight is 210 g/mol. The zero-order valence-corrected chi connectivity index (χ0v) is 10.2. The number of rotatable bonds is 1. The van der Waals surface area contributed by atoms with E-state index in [2.05, 4.69) is 32.7 Å². The third-order valence-corrected chi connectivity index (χ3v) is 5.01. The summed E-state index contributed by atoms with van der Waals surface area (Å²) < 4.78 is 0. The molecule has 0 aromatic carbocycles. The van der Waals surface area contributed by atoms with Crippen LogP contribution in [-0.4, -0.2) is 4.98 Å². The molecule has 1 aliphatic rings. The van der Waals surface area contributed by atoms with Crippen LogP contribution in [0.25, 0.3) is 0 Å². The number of thiazole rings is 1. The third-order valence-electron chi connectivity index (χ3n) is 3.76. The Morgan fingerprint density at radius 3 is 2.21 bits per heavy atom. The van der Waals surface area contributed by atoms with Crippen LogP contribution in [0, 0.1) is 19.3 Å². The summed E-state index contributed by atoms with van der Waals surface area (Å²) in [6.07, 6.45) is 2.29. The Balaban J connectivity index is 2.40. The molecule has 14 heavy (non-hydrogen) atoms. The quantitative estimate of drug-likeness (QED) is 0.774. The first-order chi connectivity index (χ1) is 6.37. The highest BCUT2D eigenvalue weighted by Gasteiger charge is 2.53. The lowest BCUT2D eigenvalue weighted by molar-refractivity contribution is 0.0312. The normalized spacial score (nSPS) is 30.1. The second-order valence-electron chi connectivity index (χ2n) is 5.02. The molecule has 1 heterocycles. The molecule has 0 bridgehead atoms. The molecule has 0 radical (unpaired) electrons. The monoisotopic (exact) mass is 210 g/mol. The lowest BCUT2D eigenvalue weighted by atomic mass is 9.57. The van der Waals surface area contributed by atoms with E-state index in [0.717, 1.165) is 17.1 Å². The molecule has 1 unspecified atom stereocenters. The third kappa shape index (κ3) is 1.15. The first kappa shape index (κ1) is 10.1. The number of hydrogen-bond donors (Lipinski definition) is 1. The highest BCUT2D eigenvalue weighted by molar-refractivity contribution is 7.11. The van der Waals surface area contributed by atoms with Crippen molar-refractivity contribution in [2.24, 2.45) is 11.1 Å². The Hall–Kier alpha value is -0.410. The van der Waals surface area contributed by atoms with Crippen molar-refractivity contribution in [3.8, 4) is 0 Å². The lowest BCUT2D eigenvalue weighted by Crippen LogP contribution is -2.57. The molecule has 0 amide bonds. The van der Waals surface area contributed by atoms with E-state index >= 15 is 0 Å². The zero-order valence-electron chi connectivity index (χ0n) is 9.35. The van der Waals surface area contributed by atoms with Crippen molar-refractivity contribution in [3.63, 3.8) is 0 Å². The van der Waals surface area contributed by atoms with Crippen molar-refractivity contribution in [3.05, 3.63) is 15.6 Å². The number of aromatic nitrogens is 1. The van der Waals surface area contributed by atoms with Gasteiger partial charge in [-0.1, -0.05) is 13.8 Å². The van der Waals surface area contributed by atoms with Crippen molar-refractivity contribution < 1.29 is 0 Å². The van der Waals surface area contributed by atoms with Gasteiger partial charge in [-0.2, -0.15) is 0 Å². The van der Waals surface area contributed by atoms with Crippen LogP contribution in [0.1, 0.15) is 42.3 Å². The number of nitrogens with zero attached hydrogens (tertiary/aromatic N) is 1. The summed E-state index contributed by atoms with van der Waals surface area (Å²) in [7, 11) is 0. The molecule has 2 rings (SSSR count). The summed E-state index contributed by atoms with van der Waals surface area (Å²) in [5, 5.41) is 1.13. The van der Waals surface area contributed by atoms with Crippen LogP contribution in [0.4, 0.5) is 0 Å². The Morgan fingerprint density at radius 1 is 1.29 bits per heavy atom. The summed E-state index contributed by atoms with van der Waals surface area (Å²) >= 11 is 1.76. The van der Waals surface area contributed by atoms with Gasteiger partial charge in [0.15, 0.2) is 0 Å². The summed E-state index contributed by atoms with van der Waals surface area (Å²) in [5.41, 5.74) is 7.61. The van der Waals surface area contributed by atoms with E-state index in [1.165, 1.54) is 11.3 Å². The minimum absolute atomic E-state index is 0.170. The van der Waals surface area contributed by atoms with Crippen LogP contribution in [0.2, 0.25) is 0 Å². The van der Waals surface area contributed by atoms with E-state index in [-0.39, 0.29) is 11.0 Å². The summed E-state index contributed by atoms with van der Waals surface area (Å²) in [4.78, 5) is 5.89. The van der Waals surface area contributed by atoms with Gasteiger partial charge in [0.05, 0.1) is 11.2 Å². The summed E-state index contributed by atoms with van der Waals surface area (Å²) in [5.74, 6) is 0. The minimum atomic E-state index is -0.170. The molecule has 1 aromatic rings. The molecule has 78 valence electrons. The van der Waals surface area contributed by atoms with E-state index in [4.69, 9.17) is 5.73 Å². The Labute approximate surface area is 89.5 Å². The lowest BCUT2D eigenvalue weighted by Gasteiger charge is -2.52. The maximum absolute atomic E-state index is 6.43. The van der Waals surface area contributed by atoms with Gasteiger partial charge in [-0.05, 0) is 32.1 Å². The molecule has 1 atom stereocenters. The Kier molecular flexibility index (Phi) is 2.02. The van der Waals surface area contributed by atoms with Gasteiger partial charge in [0.2, 0.25) is 0 Å². The molecule has 2 nitrogen and oxygen atoms in total. The molecule has 0 spiro atoms. The molecular formula is C11H18N2S. The Bertz CT molecular complexity index is 348. The highest BCUT2D eigenvalue weighted by atomic mass is 32.1. The van der Waals surface area contributed by atoms with E-state index in [1.54, 1.807) is 11.3 Å². The smallest absolute Gasteiger partial charge is 0.114 e. The van der Waals surface area contributed by atoms with Gasteiger partial charge in [-0.3, -0.25) is 0 Å². The predicted molar refractivity (Wildman–Crippen MR) is 60.5 cm³/mol. The molecule has 1 aliphatic carbocycles. The van der Waals surface area contributed by atoms with Crippen LogP contribution < -0.4 is 5.73 Å². The molecule has 1 aromatic heterocycles. The molecular weight excluding hydrogens is 192 g/mol. The Morgan fingerprint density at radius 2 is 1.93 bits per heavy atom. The fourth-order valence-electron chi connectivity index (χ4n) is 1.95. The van der Waals surface area contributed by atoms with Crippen LogP contribution in [-0.2, 0) is 5.54 Å². The van der Waals surface area contributed by atoms with Crippen LogP contribution >= 0.6 is 11.3 Å². The maximum atomic E-state index is 6.43. The van der Waals surface area contributed by atoms with Gasteiger partial charge in [0, 0.05) is 4.88 Å². The van der Waals surface area contributed by atoms with Gasteiger partial charge in [-0.25, -0.2) is 4.98 Å². The molecule has 2 N–H and O–H groups in total. The van der Waals surface area contributed by atoms with Gasteiger partial charge >= 0.3 is 0 Å².